The van der Waals surface area contributed by atoms with Gasteiger partial charge in [-0.3, -0.25) is 0 Å². The number of aromatic nitrogens is 2. The summed E-state index contributed by atoms with van der Waals surface area (Å²) in [5, 5.41) is 4.41. The molecule has 0 saturated heterocycles. The number of fused-ring (bicyclic) bond motifs is 1. The van der Waals surface area contributed by atoms with Crippen LogP contribution in [0.5, 0.6) is 0 Å². The fourth-order valence-electron chi connectivity index (χ4n) is 2.17. The first-order chi connectivity index (χ1) is 9.69. The van der Waals surface area contributed by atoms with Crippen molar-refractivity contribution in [2.45, 2.75) is 20.8 Å². The molecule has 4 heteroatoms. The maximum Gasteiger partial charge on any atom is 0.172 e. The number of nitrogens with zero attached hydrogens (tertiary/aromatic N) is 2. The van der Waals surface area contributed by atoms with Crippen molar-refractivity contribution in [2.24, 2.45) is 0 Å². The van der Waals surface area contributed by atoms with Crippen LogP contribution in [0.2, 0.25) is 0 Å². The second-order valence-electron chi connectivity index (χ2n) is 4.79. The standard InChI is InChI=1S/C16H17N3S/c1-4-17-15-12-7-5-6-8-13(12)18-16(19-15)14-9-10(2)11(3)20-14/h5-9H,4H2,1-3H3,(H,17,18,19). The Morgan fingerprint density at radius 1 is 1.15 bits per heavy atom. The molecule has 0 atom stereocenters. The number of thiophene rings is 1. The van der Waals surface area contributed by atoms with E-state index < -0.39 is 0 Å². The van der Waals surface area contributed by atoms with E-state index >= 15 is 0 Å². The number of rotatable bonds is 3. The van der Waals surface area contributed by atoms with Crippen LogP contribution >= 0.6 is 11.3 Å². The molecule has 20 heavy (non-hydrogen) atoms. The zero-order valence-corrected chi connectivity index (χ0v) is 12.7. The lowest BCUT2D eigenvalue weighted by Crippen LogP contribution is -2.02. The lowest BCUT2D eigenvalue weighted by Gasteiger charge is -2.08. The molecule has 3 rings (SSSR count). The first-order valence-corrected chi connectivity index (χ1v) is 7.58. The number of nitrogens with one attached hydrogen (secondary N) is 1. The molecule has 0 aliphatic rings. The lowest BCUT2D eigenvalue weighted by molar-refractivity contribution is 1.15. The number of hydrogen-bond donors (Lipinski definition) is 1. The number of benzene rings is 1. The van der Waals surface area contributed by atoms with Crippen LogP contribution in [0.1, 0.15) is 17.4 Å². The highest BCUT2D eigenvalue weighted by Gasteiger charge is 2.11. The molecule has 0 amide bonds. The van der Waals surface area contributed by atoms with E-state index in [-0.39, 0.29) is 0 Å². The van der Waals surface area contributed by atoms with Crippen molar-refractivity contribution in [3.8, 4) is 10.7 Å². The van der Waals surface area contributed by atoms with Gasteiger partial charge in [-0.15, -0.1) is 11.3 Å². The molecular weight excluding hydrogens is 266 g/mol. The van der Waals surface area contributed by atoms with Crippen molar-refractivity contribution >= 4 is 28.1 Å². The summed E-state index contributed by atoms with van der Waals surface area (Å²) < 4.78 is 0. The minimum atomic E-state index is 0.806. The van der Waals surface area contributed by atoms with Crippen molar-refractivity contribution in [2.75, 3.05) is 11.9 Å². The fourth-order valence-corrected chi connectivity index (χ4v) is 3.14. The monoisotopic (exact) mass is 283 g/mol. The van der Waals surface area contributed by atoms with E-state index in [4.69, 9.17) is 9.97 Å². The van der Waals surface area contributed by atoms with Crippen LogP contribution in [-0.2, 0) is 0 Å². The van der Waals surface area contributed by atoms with Gasteiger partial charge in [-0.1, -0.05) is 12.1 Å². The highest BCUT2D eigenvalue weighted by Crippen LogP contribution is 2.31. The number of anilines is 1. The summed E-state index contributed by atoms with van der Waals surface area (Å²) >= 11 is 1.75. The molecule has 2 heterocycles. The van der Waals surface area contributed by atoms with Crippen molar-refractivity contribution in [3.63, 3.8) is 0 Å². The molecule has 0 unspecified atom stereocenters. The van der Waals surface area contributed by atoms with Crippen LogP contribution in [0.4, 0.5) is 5.82 Å². The molecule has 2 aromatic heterocycles. The molecule has 0 radical (unpaired) electrons. The average molecular weight is 283 g/mol. The Morgan fingerprint density at radius 3 is 2.65 bits per heavy atom. The average Bonchev–Trinajstić information content (AvgIpc) is 2.79. The van der Waals surface area contributed by atoms with Gasteiger partial charge >= 0.3 is 0 Å². The van der Waals surface area contributed by atoms with E-state index in [0.29, 0.717) is 0 Å². The highest BCUT2D eigenvalue weighted by molar-refractivity contribution is 7.15. The van der Waals surface area contributed by atoms with Gasteiger partial charge in [0.2, 0.25) is 0 Å². The Labute approximate surface area is 122 Å². The summed E-state index contributed by atoms with van der Waals surface area (Å²) in [6.45, 7) is 7.19. The van der Waals surface area contributed by atoms with Crippen LogP contribution in [0, 0.1) is 13.8 Å². The third-order valence-corrected chi connectivity index (χ3v) is 4.48. The quantitative estimate of drug-likeness (QED) is 0.774. The number of hydrogen-bond acceptors (Lipinski definition) is 4. The molecule has 0 aliphatic carbocycles. The summed E-state index contributed by atoms with van der Waals surface area (Å²) in [6, 6.07) is 10.3. The Morgan fingerprint density at radius 2 is 1.95 bits per heavy atom. The molecule has 1 aromatic carbocycles. The van der Waals surface area contributed by atoms with E-state index in [1.54, 1.807) is 11.3 Å². The van der Waals surface area contributed by atoms with E-state index in [1.807, 2.05) is 18.2 Å². The topological polar surface area (TPSA) is 37.8 Å². The lowest BCUT2D eigenvalue weighted by atomic mass is 10.2. The van der Waals surface area contributed by atoms with Gasteiger partial charge in [-0.05, 0) is 44.5 Å². The minimum absolute atomic E-state index is 0.806. The van der Waals surface area contributed by atoms with E-state index in [0.717, 1.165) is 34.0 Å². The highest BCUT2D eigenvalue weighted by atomic mass is 32.1. The largest absolute Gasteiger partial charge is 0.370 e. The first kappa shape index (κ1) is 13.1. The number of aryl methyl sites for hydroxylation is 2. The molecule has 0 fully saturated rings. The normalized spacial score (nSPS) is 10.9. The van der Waals surface area contributed by atoms with Gasteiger partial charge in [0, 0.05) is 16.8 Å². The summed E-state index contributed by atoms with van der Waals surface area (Å²) in [4.78, 5) is 11.9. The number of para-hydroxylation sites is 1. The van der Waals surface area contributed by atoms with Crippen molar-refractivity contribution in [1.29, 1.82) is 0 Å². The van der Waals surface area contributed by atoms with Gasteiger partial charge in [0.05, 0.1) is 10.4 Å². The third-order valence-electron chi connectivity index (χ3n) is 3.33. The molecule has 3 aromatic rings. The van der Waals surface area contributed by atoms with Gasteiger partial charge in [-0.2, -0.15) is 0 Å². The van der Waals surface area contributed by atoms with Crippen LogP contribution < -0.4 is 5.32 Å². The van der Waals surface area contributed by atoms with Gasteiger partial charge in [0.15, 0.2) is 5.82 Å². The van der Waals surface area contributed by atoms with Crippen molar-refractivity contribution in [1.82, 2.24) is 9.97 Å². The van der Waals surface area contributed by atoms with Gasteiger partial charge in [0.1, 0.15) is 5.82 Å². The second-order valence-corrected chi connectivity index (χ2v) is 6.05. The Kier molecular flexibility index (Phi) is 3.40. The molecule has 0 bridgehead atoms. The van der Waals surface area contributed by atoms with Crippen LogP contribution in [0.25, 0.3) is 21.6 Å². The third kappa shape index (κ3) is 2.27. The summed E-state index contributed by atoms with van der Waals surface area (Å²) in [5.41, 5.74) is 2.28. The first-order valence-electron chi connectivity index (χ1n) is 6.77. The van der Waals surface area contributed by atoms with E-state index in [1.165, 1.54) is 10.4 Å². The van der Waals surface area contributed by atoms with Crippen molar-refractivity contribution < 1.29 is 0 Å². The van der Waals surface area contributed by atoms with Gasteiger partial charge in [-0.25, -0.2) is 9.97 Å². The molecule has 0 spiro atoms. The molecule has 102 valence electrons. The van der Waals surface area contributed by atoms with Crippen LogP contribution in [0.3, 0.4) is 0 Å². The Hall–Kier alpha value is -1.94. The molecular formula is C16H17N3S. The van der Waals surface area contributed by atoms with E-state index in [2.05, 4.69) is 38.2 Å². The maximum absolute atomic E-state index is 4.70. The summed E-state index contributed by atoms with van der Waals surface area (Å²) in [5.74, 6) is 1.72. The predicted octanol–water partition coefficient (Wildman–Crippen LogP) is 4.41. The molecule has 3 nitrogen and oxygen atoms in total. The van der Waals surface area contributed by atoms with Gasteiger partial charge in [0.25, 0.3) is 0 Å². The van der Waals surface area contributed by atoms with Crippen LogP contribution in [0.15, 0.2) is 30.3 Å². The molecule has 0 saturated carbocycles. The Balaban J connectivity index is 2.21. The fraction of sp³-hybridized carbons (Fsp3) is 0.250. The minimum Gasteiger partial charge on any atom is -0.370 e. The van der Waals surface area contributed by atoms with Crippen molar-refractivity contribution in [3.05, 3.63) is 40.8 Å². The molecule has 0 aliphatic heterocycles. The summed E-state index contributed by atoms with van der Waals surface area (Å²) in [6.07, 6.45) is 0. The smallest absolute Gasteiger partial charge is 0.172 e. The maximum atomic E-state index is 4.70. The molecule has 1 N–H and O–H groups in total. The van der Waals surface area contributed by atoms with Crippen LogP contribution in [-0.4, -0.2) is 16.5 Å². The predicted molar refractivity (Wildman–Crippen MR) is 86.5 cm³/mol. The van der Waals surface area contributed by atoms with E-state index in [9.17, 15) is 0 Å². The Bertz CT molecular complexity index is 742. The zero-order valence-electron chi connectivity index (χ0n) is 11.9. The van der Waals surface area contributed by atoms with Gasteiger partial charge < -0.3 is 5.32 Å². The SMILES string of the molecule is CCNc1nc(-c2cc(C)c(C)s2)nc2ccccc12. The summed E-state index contributed by atoms with van der Waals surface area (Å²) in [7, 11) is 0. The zero-order chi connectivity index (χ0) is 14.1. The second kappa shape index (κ2) is 5.21.